The Morgan fingerprint density at radius 1 is 1.56 bits per heavy atom. The summed E-state index contributed by atoms with van der Waals surface area (Å²) < 4.78 is 2.05. The van der Waals surface area contributed by atoms with Crippen LogP contribution in [0.4, 0.5) is 0 Å². The predicted octanol–water partition coefficient (Wildman–Crippen LogP) is 3.15. The molecule has 0 aliphatic heterocycles. The van der Waals surface area contributed by atoms with Crippen LogP contribution in [0.1, 0.15) is 31.9 Å². The molecule has 1 saturated carbocycles. The molecule has 0 N–H and O–H groups in total. The van der Waals surface area contributed by atoms with Crippen LogP contribution in [-0.2, 0) is 12.0 Å². The molecule has 2 atom stereocenters. The number of rotatable bonds is 4. The molecule has 1 aliphatic carbocycles. The van der Waals surface area contributed by atoms with Gasteiger partial charge in [0, 0.05) is 17.3 Å². The third-order valence-corrected chi connectivity index (χ3v) is 4.46. The summed E-state index contributed by atoms with van der Waals surface area (Å²) in [7, 11) is 4.13. The van der Waals surface area contributed by atoms with Crippen LogP contribution in [0.5, 0.6) is 0 Å². The van der Waals surface area contributed by atoms with Crippen molar-refractivity contribution in [2.45, 2.75) is 43.5 Å². The highest BCUT2D eigenvalue weighted by atomic mass is 35.5. The second-order valence-corrected chi connectivity index (χ2v) is 6.79. The molecular formula is C13H21Cl2N3. The van der Waals surface area contributed by atoms with E-state index < -0.39 is 0 Å². The Bertz CT molecular complexity index is 416. The molecule has 2 rings (SSSR count). The fourth-order valence-corrected chi connectivity index (χ4v) is 3.63. The van der Waals surface area contributed by atoms with Gasteiger partial charge in [-0.15, -0.1) is 11.6 Å². The third-order valence-electron chi connectivity index (χ3n) is 3.81. The first-order valence-corrected chi connectivity index (χ1v) is 7.24. The second-order valence-electron chi connectivity index (χ2n) is 5.77. The molecule has 1 aliphatic rings. The number of alkyl halides is 1. The van der Waals surface area contributed by atoms with E-state index in [0.29, 0.717) is 0 Å². The van der Waals surface area contributed by atoms with E-state index in [-0.39, 0.29) is 10.8 Å². The Hall–Kier alpha value is -0.250. The van der Waals surface area contributed by atoms with E-state index in [9.17, 15) is 0 Å². The van der Waals surface area contributed by atoms with Gasteiger partial charge in [-0.25, -0.2) is 0 Å². The Morgan fingerprint density at radius 3 is 2.83 bits per heavy atom. The van der Waals surface area contributed by atoms with Crippen molar-refractivity contribution in [1.82, 2.24) is 14.7 Å². The Labute approximate surface area is 119 Å². The summed E-state index contributed by atoms with van der Waals surface area (Å²) in [5.41, 5.74) is 1.24. The minimum absolute atomic E-state index is 0.0757. The number of hydrogen-bond donors (Lipinski definition) is 0. The third kappa shape index (κ3) is 2.84. The minimum atomic E-state index is 0.0757. The van der Waals surface area contributed by atoms with E-state index in [4.69, 9.17) is 23.2 Å². The van der Waals surface area contributed by atoms with Crippen LogP contribution in [0, 0.1) is 0 Å². The zero-order chi connectivity index (χ0) is 13.3. The first-order valence-electron chi connectivity index (χ1n) is 6.43. The molecule has 0 bridgehead atoms. The van der Waals surface area contributed by atoms with Gasteiger partial charge >= 0.3 is 0 Å². The molecule has 0 saturated heterocycles. The number of hydrogen-bond acceptors (Lipinski definition) is 2. The molecule has 0 aromatic carbocycles. The molecule has 1 aromatic heterocycles. The lowest BCUT2D eigenvalue weighted by molar-refractivity contribution is 0.352. The van der Waals surface area contributed by atoms with Crippen LogP contribution >= 0.6 is 23.2 Å². The van der Waals surface area contributed by atoms with Crippen LogP contribution in [0.3, 0.4) is 0 Å². The number of aromatic nitrogens is 2. The molecule has 1 fully saturated rings. The maximum atomic E-state index is 6.34. The zero-order valence-corrected chi connectivity index (χ0v) is 12.8. The highest BCUT2D eigenvalue weighted by Gasteiger charge is 2.39. The molecule has 5 heteroatoms. The summed E-state index contributed by atoms with van der Waals surface area (Å²) in [4.78, 5) is 2.15. The average Bonchev–Trinajstić information content (AvgIpc) is 2.80. The molecule has 18 heavy (non-hydrogen) atoms. The van der Waals surface area contributed by atoms with E-state index >= 15 is 0 Å². The molecule has 2 unspecified atom stereocenters. The lowest BCUT2D eigenvalue weighted by atomic mass is 9.85. The van der Waals surface area contributed by atoms with Gasteiger partial charge in [-0.1, -0.05) is 18.5 Å². The van der Waals surface area contributed by atoms with Crippen molar-refractivity contribution in [3.63, 3.8) is 0 Å². The molecular weight excluding hydrogens is 269 g/mol. The zero-order valence-electron chi connectivity index (χ0n) is 11.3. The van der Waals surface area contributed by atoms with Crippen LogP contribution < -0.4 is 0 Å². The normalized spacial score (nSPS) is 28.2. The van der Waals surface area contributed by atoms with E-state index in [2.05, 4.69) is 35.7 Å². The molecule has 102 valence electrons. The summed E-state index contributed by atoms with van der Waals surface area (Å²) in [5.74, 6) is 0. The van der Waals surface area contributed by atoms with Gasteiger partial charge in [-0.05, 0) is 33.4 Å². The van der Waals surface area contributed by atoms with Crippen molar-refractivity contribution in [2.75, 3.05) is 20.6 Å². The SMILES string of the molecule is CN(C)CCn1ncc(Cl)c1C1(C)CCC(Cl)C1. The standard InChI is InChI=1S/C13H21Cl2N3/c1-13(5-4-10(14)8-13)12-11(15)9-16-18(12)7-6-17(2)3/h9-10H,4-8H2,1-3H3. The van der Waals surface area contributed by atoms with Crippen LogP contribution in [-0.4, -0.2) is 40.7 Å². The van der Waals surface area contributed by atoms with E-state index in [1.54, 1.807) is 6.20 Å². The van der Waals surface area contributed by atoms with Crippen molar-refractivity contribution < 1.29 is 0 Å². The Kier molecular flexibility index (Phi) is 4.25. The van der Waals surface area contributed by atoms with Gasteiger partial charge in [0.05, 0.1) is 23.5 Å². The summed E-state index contributed by atoms with van der Waals surface area (Å²) in [6.45, 7) is 4.09. The summed E-state index contributed by atoms with van der Waals surface area (Å²) in [6, 6.07) is 0. The highest BCUT2D eigenvalue weighted by molar-refractivity contribution is 6.31. The number of halogens is 2. The van der Waals surface area contributed by atoms with E-state index in [1.807, 2.05) is 0 Å². The first kappa shape index (κ1) is 14.2. The van der Waals surface area contributed by atoms with Crippen molar-refractivity contribution in [1.29, 1.82) is 0 Å². The summed E-state index contributed by atoms with van der Waals surface area (Å²) >= 11 is 12.6. The Morgan fingerprint density at radius 2 is 2.28 bits per heavy atom. The lowest BCUT2D eigenvalue weighted by Crippen LogP contribution is -2.27. The fraction of sp³-hybridized carbons (Fsp3) is 0.769. The van der Waals surface area contributed by atoms with E-state index in [0.717, 1.165) is 43.1 Å². The predicted molar refractivity (Wildman–Crippen MR) is 76.6 cm³/mol. The first-order chi connectivity index (χ1) is 8.42. The molecule has 3 nitrogen and oxygen atoms in total. The number of likely N-dealkylation sites (N-methyl/N-ethyl adjacent to an activating group) is 1. The van der Waals surface area contributed by atoms with Gasteiger partial charge in [0.1, 0.15) is 0 Å². The summed E-state index contributed by atoms with van der Waals surface area (Å²) in [6.07, 6.45) is 4.91. The van der Waals surface area contributed by atoms with Gasteiger partial charge in [0.2, 0.25) is 0 Å². The van der Waals surface area contributed by atoms with Crippen molar-refractivity contribution >= 4 is 23.2 Å². The summed E-state index contributed by atoms with van der Waals surface area (Å²) in [5, 5.41) is 5.46. The fourth-order valence-electron chi connectivity index (χ4n) is 2.81. The van der Waals surface area contributed by atoms with Gasteiger partial charge in [-0.3, -0.25) is 4.68 Å². The smallest absolute Gasteiger partial charge is 0.0823 e. The van der Waals surface area contributed by atoms with Crippen molar-refractivity contribution in [3.8, 4) is 0 Å². The van der Waals surface area contributed by atoms with Crippen LogP contribution in [0.2, 0.25) is 5.02 Å². The van der Waals surface area contributed by atoms with Crippen LogP contribution in [0.25, 0.3) is 0 Å². The highest BCUT2D eigenvalue weighted by Crippen LogP contribution is 2.45. The van der Waals surface area contributed by atoms with Crippen LogP contribution in [0.15, 0.2) is 6.20 Å². The molecule has 0 amide bonds. The quantitative estimate of drug-likeness (QED) is 0.794. The second kappa shape index (κ2) is 5.40. The molecule has 1 heterocycles. The minimum Gasteiger partial charge on any atom is -0.308 e. The van der Waals surface area contributed by atoms with Gasteiger partial charge in [0.25, 0.3) is 0 Å². The van der Waals surface area contributed by atoms with E-state index in [1.165, 1.54) is 0 Å². The number of nitrogens with zero attached hydrogens (tertiary/aromatic N) is 3. The molecule has 0 radical (unpaired) electrons. The Balaban J connectivity index is 2.23. The maximum absolute atomic E-state index is 6.34. The van der Waals surface area contributed by atoms with Gasteiger partial charge < -0.3 is 4.90 Å². The topological polar surface area (TPSA) is 21.1 Å². The molecule has 1 aromatic rings. The largest absolute Gasteiger partial charge is 0.308 e. The maximum Gasteiger partial charge on any atom is 0.0823 e. The average molecular weight is 290 g/mol. The van der Waals surface area contributed by atoms with Gasteiger partial charge in [-0.2, -0.15) is 5.10 Å². The van der Waals surface area contributed by atoms with Crippen molar-refractivity contribution in [2.24, 2.45) is 0 Å². The molecule has 0 spiro atoms. The van der Waals surface area contributed by atoms with Crippen molar-refractivity contribution in [3.05, 3.63) is 16.9 Å². The van der Waals surface area contributed by atoms with Gasteiger partial charge in [0.15, 0.2) is 0 Å². The lowest BCUT2D eigenvalue weighted by Gasteiger charge is -2.26. The monoisotopic (exact) mass is 289 g/mol.